The van der Waals surface area contributed by atoms with Gasteiger partial charge in [0.15, 0.2) is 5.78 Å². The first-order chi connectivity index (χ1) is 13.1. The first kappa shape index (κ1) is 19.0. The van der Waals surface area contributed by atoms with Gasteiger partial charge in [-0.2, -0.15) is 0 Å². The maximum atomic E-state index is 12.3. The van der Waals surface area contributed by atoms with Crippen LogP contribution in [0.1, 0.15) is 22.8 Å². The standard InChI is InChI=1S/C20H20N2O4S/c1-4-13-5-7-14(8-6-13)17(23)12-27-20-22-21-19(26-20)16-10-9-15(24-2)11-18(16)25-3/h5-11H,4,12H2,1-3H3. The van der Waals surface area contributed by atoms with Crippen LogP contribution in [0.5, 0.6) is 11.5 Å². The van der Waals surface area contributed by atoms with Gasteiger partial charge in [-0.05, 0) is 24.1 Å². The monoisotopic (exact) mass is 384 g/mol. The molecule has 0 radical (unpaired) electrons. The van der Waals surface area contributed by atoms with E-state index in [9.17, 15) is 4.79 Å². The lowest BCUT2D eigenvalue weighted by Crippen LogP contribution is -2.02. The molecule has 3 rings (SSSR count). The van der Waals surface area contributed by atoms with Gasteiger partial charge in [0.25, 0.3) is 11.1 Å². The first-order valence-corrected chi connectivity index (χ1v) is 9.44. The van der Waals surface area contributed by atoms with Gasteiger partial charge < -0.3 is 13.9 Å². The number of ether oxygens (including phenoxy) is 2. The Kier molecular flexibility index (Phi) is 6.13. The fourth-order valence-corrected chi connectivity index (χ4v) is 3.15. The van der Waals surface area contributed by atoms with Crippen molar-refractivity contribution in [1.29, 1.82) is 0 Å². The Balaban J connectivity index is 1.68. The Morgan fingerprint density at radius 1 is 1.07 bits per heavy atom. The van der Waals surface area contributed by atoms with E-state index in [0.29, 0.717) is 33.7 Å². The van der Waals surface area contributed by atoms with Gasteiger partial charge in [0.2, 0.25) is 0 Å². The molecule has 7 heteroatoms. The van der Waals surface area contributed by atoms with Crippen molar-refractivity contribution in [2.24, 2.45) is 0 Å². The summed E-state index contributed by atoms with van der Waals surface area (Å²) in [6, 6.07) is 13.0. The van der Waals surface area contributed by atoms with Gasteiger partial charge >= 0.3 is 0 Å². The minimum absolute atomic E-state index is 0.0180. The van der Waals surface area contributed by atoms with E-state index < -0.39 is 0 Å². The van der Waals surface area contributed by atoms with Crippen molar-refractivity contribution in [1.82, 2.24) is 10.2 Å². The van der Waals surface area contributed by atoms with Gasteiger partial charge in [0.1, 0.15) is 11.5 Å². The molecule has 0 amide bonds. The summed E-state index contributed by atoms with van der Waals surface area (Å²) in [6.45, 7) is 2.08. The number of carbonyl (C=O) groups excluding carboxylic acids is 1. The summed E-state index contributed by atoms with van der Waals surface area (Å²) in [5.41, 5.74) is 2.55. The summed E-state index contributed by atoms with van der Waals surface area (Å²) < 4.78 is 16.2. The van der Waals surface area contributed by atoms with Crippen LogP contribution in [-0.4, -0.2) is 36.0 Å². The number of hydrogen-bond donors (Lipinski definition) is 0. The second-order valence-corrected chi connectivity index (χ2v) is 6.63. The summed E-state index contributed by atoms with van der Waals surface area (Å²) in [7, 11) is 3.15. The molecule has 140 valence electrons. The number of nitrogens with zero attached hydrogens (tertiary/aromatic N) is 2. The Morgan fingerprint density at radius 3 is 2.52 bits per heavy atom. The second kappa shape index (κ2) is 8.73. The van der Waals surface area contributed by atoms with Gasteiger partial charge in [0, 0.05) is 11.6 Å². The Hall–Kier alpha value is -2.80. The summed E-state index contributed by atoms with van der Waals surface area (Å²) in [6.07, 6.45) is 0.947. The number of hydrogen-bond acceptors (Lipinski definition) is 7. The molecule has 0 atom stereocenters. The molecule has 0 aliphatic carbocycles. The molecule has 1 heterocycles. The molecule has 0 unspecified atom stereocenters. The van der Waals surface area contributed by atoms with Crippen LogP contribution in [0.25, 0.3) is 11.5 Å². The second-order valence-electron chi connectivity index (χ2n) is 5.70. The molecule has 27 heavy (non-hydrogen) atoms. The van der Waals surface area contributed by atoms with Crippen molar-refractivity contribution in [3.05, 3.63) is 53.6 Å². The van der Waals surface area contributed by atoms with Gasteiger partial charge in [-0.15, -0.1) is 10.2 Å². The predicted molar refractivity (Wildman–Crippen MR) is 104 cm³/mol. The van der Waals surface area contributed by atoms with Crippen molar-refractivity contribution >= 4 is 17.5 Å². The van der Waals surface area contributed by atoms with Crippen molar-refractivity contribution in [3.8, 4) is 23.0 Å². The molecule has 0 spiro atoms. The molecule has 0 N–H and O–H groups in total. The normalized spacial score (nSPS) is 10.6. The zero-order chi connectivity index (χ0) is 19.2. The lowest BCUT2D eigenvalue weighted by atomic mass is 10.1. The third-order valence-electron chi connectivity index (χ3n) is 4.06. The van der Waals surface area contributed by atoms with E-state index in [1.165, 1.54) is 17.3 Å². The van der Waals surface area contributed by atoms with Crippen LogP contribution >= 0.6 is 11.8 Å². The van der Waals surface area contributed by atoms with Crippen molar-refractivity contribution in [2.45, 2.75) is 18.6 Å². The van der Waals surface area contributed by atoms with E-state index in [1.807, 2.05) is 24.3 Å². The maximum Gasteiger partial charge on any atom is 0.277 e. The molecular weight excluding hydrogens is 364 g/mol. The van der Waals surface area contributed by atoms with Crippen LogP contribution in [0.4, 0.5) is 0 Å². The summed E-state index contributed by atoms with van der Waals surface area (Å²) >= 11 is 1.21. The minimum atomic E-state index is 0.0180. The summed E-state index contributed by atoms with van der Waals surface area (Å²) in [5.74, 6) is 1.82. The predicted octanol–water partition coefficient (Wildman–Crippen LogP) is 4.29. The van der Waals surface area contributed by atoms with Crippen LogP contribution in [0.2, 0.25) is 0 Å². The highest BCUT2D eigenvalue weighted by Crippen LogP contribution is 2.33. The Labute approximate surface area is 161 Å². The van der Waals surface area contributed by atoms with Gasteiger partial charge in [-0.1, -0.05) is 43.0 Å². The SMILES string of the molecule is CCc1ccc(C(=O)CSc2nnc(-c3ccc(OC)cc3OC)o2)cc1. The molecule has 0 saturated carbocycles. The average Bonchev–Trinajstić information content (AvgIpc) is 3.20. The van der Waals surface area contributed by atoms with Crippen LogP contribution in [0.15, 0.2) is 52.1 Å². The number of aromatic nitrogens is 2. The van der Waals surface area contributed by atoms with Crippen LogP contribution < -0.4 is 9.47 Å². The van der Waals surface area contributed by atoms with Gasteiger partial charge in [0.05, 0.1) is 25.5 Å². The van der Waals surface area contributed by atoms with E-state index >= 15 is 0 Å². The van der Waals surface area contributed by atoms with Crippen molar-refractivity contribution < 1.29 is 18.7 Å². The molecule has 2 aromatic carbocycles. The molecular formula is C20H20N2O4S. The smallest absolute Gasteiger partial charge is 0.277 e. The fraction of sp³-hybridized carbons (Fsp3) is 0.250. The molecule has 0 aliphatic rings. The van der Waals surface area contributed by atoms with E-state index in [0.717, 1.165) is 6.42 Å². The third kappa shape index (κ3) is 4.49. The lowest BCUT2D eigenvalue weighted by molar-refractivity contribution is 0.102. The minimum Gasteiger partial charge on any atom is -0.497 e. The molecule has 0 aliphatic heterocycles. The van der Waals surface area contributed by atoms with Crippen LogP contribution in [0, 0.1) is 0 Å². The van der Waals surface area contributed by atoms with Crippen molar-refractivity contribution in [2.75, 3.05) is 20.0 Å². The fourth-order valence-electron chi connectivity index (χ4n) is 2.49. The number of aryl methyl sites for hydroxylation is 1. The molecule has 0 fully saturated rings. The number of methoxy groups -OCH3 is 2. The average molecular weight is 384 g/mol. The van der Waals surface area contributed by atoms with E-state index in [2.05, 4.69) is 17.1 Å². The van der Waals surface area contributed by atoms with Gasteiger partial charge in [-0.25, -0.2) is 0 Å². The molecule has 6 nitrogen and oxygen atoms in total. The maximum absolute atomic E-state index is 12.3. The molecule has 1 aromatic heterocycles. The highest BCUT2D eigenvalue weighted by atomic mass is 32.2. The molecule has 0 bridgehead atoms. The van der Waals surface area contributed by atoms with E-state index in [1.54, 1.807) is 32.4 Å². The van der Waals surface area contributed by atoms with Crippen LogP contribution in [0.3, 0.4) is 0 Å². The number of carbonyl (C=O) groups is 1. The van der Waals surface area contributed by atoms with E-state index in [-0.39, 0.29) is 11.5 Å². The summed E-state index contributed by atoms with van der Waals surface area (Å²) in [4.78, 5) is 12.3. The van der Waals surface area contributed by atoms with Crippen LogP contribution in [-0.2, 0) is 6.42 Å². The Morgan fingerprint density at radius 2 is 1.85 bits per heavy atom. The highest BCUT2D eigenvalue weighted by molar-refractivity contribution is 7.99. The molecule has 3 aromatic rings. The number of rotatable bonds is 8. The lowest BCUT2D eigenvalue weighted by Gasteiger charge is -2.07. The quantitative estimate of drug-likeness (QED) is 0.423. The number of benzene rings is 2. The summed E-state index contributed by atoms with van der Waals surface area (Å²) in [5, 5.41) is 8.40. The zero-order valence-corrected chi connectivity index (χ0v) is 16.2. The van der Waals surface area contributed by atoms with Crippen molar-refractivity contribution in [3.63, 3.8) is 0 Å². The first-order valence-electron chi connectivity index (χ1n) is 8.45. The Bertz CT molecular complexity index is 922. The number of ketones is 1. The highest BCUT2D eigenvalue weighted by Gasteiger charge is 2.16. The third-order valence-corrected chi connectivity index (χ3v) is 4.87. The molecule has 0 saturated heterocycles. The largest absolute Gasteiger partial charge is 0.497 e. The topological polar surface area (TPSA) is 74.5 Å². The number of thioether (sulfide) groups is 1. The number of Topliss-reactive ketones (excluding diaryl/α,β-unsaturated/α-hetero) is 1. The zero-order valence-electron chi connectivity index (χ0n) is 15.4. The van der Waals surface area contributed by atoms with Gasteiger partial charge in [-0.3, -0.25) is 4.79 Å². The van der Waals surface area contributed by atoms with E-state index in [4.69, 9.17) is 13.9 Å².